The molecule has 1 atom stereocenters. The first-order valence-corrected chi connectivity index (χ1v) is 6.52. The van der Waals surface area contributed by atoms with Crippen molar-refractivity contribution in [3.63, 3.8) is 0 Å². The molecule has 17 heavy (non-hydrogen) atoms. The number of anilines is 1. The van der Waals surface area contributed by atoms with Gasteiger partial charge in [-0.15, -0.1) is 0 Å². The molecule has 0 bridgehead atoms. The zero-order valence-corrected chi connectivity index (χ0v) is 12.0. The summed E-state index contributed by atoms with van der Waals surface area (Å²) in [5, 5.41) is 8.90. The Balaban J connectivity index is 2.95. The van der Waals surface area contributed by atoms with E-state index >= 15 is 0 Å². The molecule has 4 heteroatoms. The van der Waals surface area contributed by atoms with Crippen LogP contribution in [0.3, 0.4) is 0 Å². The molecule has 0 saturated heterocycles. The minimum Gasteiger partial charge on any atom is -0.478 e. The molecule has 0 radical (unpaired) electrons. The molecule has 0 saturated carbocycles. The summed E-state index contributed by atoms with van der Waals surface area (Å²) in [6.45, 7) is 4.33. The van der Waals surface area contributed by atoms with Gasteiger partial charge in [-0.25, -0.2) is 4.79 Å². The fourth-order valence-corrected chi connectivity index (χ4v) is 2.43. The Labute approximate surface area is 111 Å². The largest absolute Gasteiger partial charge is 0.478 e. The van der Waals surface area contributed by atoms with Crippen molar-refractivity contribution in [1.82, 2.24) is 0 Å². The molecule has 0 aromatic heterocycles. The number of benzene rings is 1. The average molecular weight is 300 g/mol. The molecular weight excluding hydrogens is 282 g/mol. The minimum atomic E-state index is -0.901. The van der Waals surface area contributed by atoms with E-state index in [1.165, 1.54) is 0 Å². The monoisotopic (exact) mass is 299 g/mol. The molecule has 0 aliphatic rings. The number of aromatic carboxylic acids is 1. The lowest BCUT2D eigenvalue weighted by molar-refractivity contribution is 0.0697. The molecule has 1 aromatic rings. The van der Waals surface area contributed by atoms with Crippen molar-refractivity contribution < 1.29 is 9.90 Å². The van der Waals surface area contributed by atoms with Crippen LogP contribution in [0.15, 0.2) is 22.7 Å². The van der Waals surface area contributed by atoms with Gasteiger partial charge >= 0.3 is 5.97 Å². The molecule has 3 nitrogen and oxygen atoms in total. The maximum Gasteiger partial charge on any atom is 0.335 e. The fourth-order valence-electron chi connectivity index (χ4n) is 1.77. The van der Waals surface area contributed by atoms with Crippen LogP contribution in [0.4, 0.5) is 5.69 Å². The summed E-state index contributed by atoms with van der Waals surface area (Å²) < 4.78 is 0.822. The molecule has 0 amide bonds. The summed E-state index contributed by atoms with van der Waals surface area (Å²) in [6.07, 6.45) is 2.25. The van der Waals surface area contributed by atoms with Crippen molar-refractivity contribution in [3.8, 4) is 0 Å². The van der Waals surface area contributed by atoms with Crippen molar-refractivity contribution in [2.45, 2.75) is 32.7 Å². The van der Waals surface area contributed by atoms with E-state index < -0.39 is 5.97 Å². The predicted molar refractivity (Wildman–Crippen MR) is 73.9 cm³/mol. The number of hydrogen-bond donors (Lipinski definition) is 1. The second-order valence-corrected chi connectivity index (χ2v) is 5.07. The smallest absolute Gasteiger partial charge is 0.335 e. The summed E-state index contributed by atoms with van der Waals surface area (Å²) in [5.41, 5.74) is 1.33. The van der Waals surface area contributed by atoms with Crippen molar-refractivity contribution in [1.29, 1.82) is 0 Å². The Bertz CT molecular complexity index is 406. The predicted octanol–water partition coefficient (Wildman–Crippen LogP) is 3.77. The maximum absolute atomic E-state index is 10.8. The molecule has 0 aliphatic carbocycles. The summed E-state index contributed by atoms with van der Waals surface area (Å²) in [5.74, 6) is -0.901. The normalized spacial score (nSPS) is 12.2. The SMILES string of the molecule is CCCC(C)N(C)c1ccc(C(=O)O)cc1Br. The highest BCUT2D eigenvalue weighted by Crippen LogP contribution is 2.28. The van der Waals surface area contributed by atoms with Gasteiger partial charge in [-0.2, -0.15) is 0 Å². The van der Waals surface area contributed by atoms with E-state index in [9.17, 15) is 4.79 Å². The lowest BCUT2D eigenvalue weighted by atomic mass is 10.1. The minimum absolute atomic E-state index is 0.303. The Hall–Kier alpha value is -1.03. The van der Waals surface area contributed by atoms with Gasteiger partial charge in [0, 0.05) is 17.6 Å². The third-order valence-electron chi connectivity index (χ3n) is 2.94. The van der Waals surface area contributed by atoms with E-state index in [0.29, 0.717) is 11.6 Å². The molecule has 1 rings (SSSR count). The second kappa shape index (κ2) is 6.05. The molecule has 1 unspecified atom stereocenters. The van der Waals surface area contributed by atoms with Gasteiger partial charge in [0.15, 0.2) is 0 Å². The zero-order chi connectivity index (χ0) is 13.0. The first-order chi connectivity index (χ1) is 7.97. The summed E-state index contributed by atoms with van der Waals surface area (Å²) in [7, 11) is 2.03. The lowest BCUT2D eigenvalue weighted by Crippen LogP contribution is -2.28. The number of nitrogens with zero attached hydrogens (tertiary/aromatic N) is 1. The molecule has 1 aromatic carbocycles. The maximum atomic E-state index is 10.8. The summed E-state index contributed by atoms with van der Waals surface area (Å²) in [6, 6.07) is 5.57. The molecular formula is C13H18BrNO2. The number of rotatable bonds is 5. The van der Waals surface area contributed by atoms with Gasteiger partial charge in [0.1, 0.15) is 0 Å². The topological polar surface area (TPSA) is 40.5 Å². The first-order valence-electron chi connectivity index (χ1n) is 5.73. The van der Waals surface area contributed by atoms with Crippen LogP contribution in [-0.4, -0.2) is 24.2 Å². The van der Waals surface area contributed by atoms with Crippen molar-refractivity contribution in [3.05, 3.63) is 28.2 Å². The van der Waals surface area contributed by atoms with Gasteiger partial charge in [0.05, 0.1) is 11.3 Å². The average Bonchev–Trinajstić information content (AvgIpc) is 2.28. The third-order valence-corrected chi connectivity index (χ3v) is 3.58. The van der Waals surface area contributed by atoms with E-state index in [-0.39, 0.29) is 0 Å². The van der Waals surface area contributed by atoms with Crippen LogP contribution in [0.1, 0.15) is 37.0 Å². The Kier molecular flexibility index (Phi) is 5.00. The Morgan fingerprint density at radius 2 is 2.18 bits per heavy atom. The van der Waals surface area contributed by atoms with Crippen LogP contribution >= 0.6 is 15.9 Å². The van der Waals surface area contributed by atoms with Crippen molar-refractivity contribution in [2.24, 2.45) is 0 Å². The molecule has 0 fully saturated rings. The number of carbonyl (C=O) groups is 1. The van der Waals surface area contributed by atoms with Crippen LogP contribution in [-0.2, 0) is 0 Å². The van der Waals surface area contributed by atoms with E-state index in [0.717, 1.165) is 23.0 Å². The highest BCUT2D eigenvalue weighted by atomic mass is 79.9. The highest BCUT2D eigenvalue weighted by molar-refractivity contribution is 9.10. The van der Waals surface area contributed by atoms with E-state index in [1.807, 2.05) is 13.1 Å². The van der Waals surface area contributed by atoms with Gasteiger partial charge in [0.25, 0.3) is 0 Å². The fraction of sp³-hybridized carbons (Fsp3) is 0.462. The van der Waals surface area contributed by atoms with E-state index in [1.54, 1.807) is 12.1 Å². The van der Waals surface area contributed by atoms with Crippen LogP contribution in [0, 0.1) is 0 Å². The van der Waals surface area contributed by atoms with Gasteiger partial charge in [-0.05, 0) is 47.5 Å². The molecule has 94 valence electrons. The molecule has 0 heterocycles. The van der Waals surface area contributed by atoms with Crippen LogP contribution in [0.25, 0.3) is 0 Å². The van der Waals surface area contributed by atoms with E-state index in [2.05, 4.69) is 34.7 Å². The second-order valence-electron chi connectivity index (χ2n) is 4.22. The van der Waals surface area contributed by atoms with Crippen LogP contribution in [0.2, 0.25) is 0 Å². The third kappa shape index (κ3) is 3.46. The van der Waals surface area contributed by atoms with Crippen molar-refractivity contribution >= 4 is 27.6 Å². The van der Waals surface area contributed by atoms with E-state index in [4.69, 9.17) is 5.11 Å². The highest BCUT2D eigenvalue weighted by Gasteiger charge is 2.13. The number of halogens is 1. The molecule has 0 spiro atoms. The van der Waals surface area contributed by atoms with Crippen LogP contribution < -0.4 is 4.90 Å². The number of hydrogen-bond acceptors (Lipinski definition) is 2. The Morgan fingerprint density at radius 1 is 1.53 bits per heavy atom. The number of carboxylic acids is 1. The molecule has 1 N–H and O–H groups in total. The summed E-state index contributed by atoms with van der Waals surface area (Å²) >= 11 is 3.43. The molecule has 0 aliphatic heterocycles. The van der Waals surface area contributed by atoms with Gasteiger partial charge in [-0.1, -0.05) is 13.3 Å². The van der Waals surface area contributed by atoms with Gasteiger partial charge in [-0.3, -0.25) is 0 Å². The van der Waals surface area contributed by atoms with Gasteiger partial charge in [0.2, 0.25) is 0 Å². The standard InChI is InChI=1S/C13H18BrNO2/c1-4-5-9(2)15(3)12-7-6-10(13(16)17)8-11(12)14/h6-9H,4-5H2,1-3H3,(H,16,17). The first kappa shape index (κ1) is 14.0. The zero-order valence-electron chi connectivity index (χ0n) is 10.4. The lowest BCUT2D eigenvalue weighted by Gasteiger charge is -2.27. The Morgan fingerprint density at radius 3 is 2.65 bits per heavy atom. The van der Waals surface area contributed by atoms with Gasteiger partial charge < -0.3 is 10.0 Å². The van der Waals surface area contributed by atoms with Crippen LogP contribution in [0.5, 0.6) is 0 Å². The van der Waals surface area contributed by atoms with Crippen molar-refractivity contribution in [2.75, 3.05) is 11.9 Å². The quantitative estimate of drug-likeness (QED) is 0.900. The summed E-state index contributed by atoms with van der Waals surface area (Å²) in [4.78, 5) is 13.0. The number of carboxylic acid groups (broad SMARTS) is 1.